The van der Waals surface area contributed by atoms with E-state index in [0.717, 1.165) is 72.0 Å². The van der Waals surface area contributed by atoms with Crippen LogP contribution >= 0.6 is 0 Å². The zero-order valence-corrected chi connectivity index (χ0v) is 33.4. The molecule has 0 N–H and O–H groups in total. The summed E-state index contributed by atoms with van der Waals surface area (Å²) in [4.78, 5) is 0. The average Bonchev–Trinajstić information content (AvgIpc) is 2.97. The van der Waals surface area contributed by atoms with E-state index in [1.165, 1.54) is 68.1 Å². The highest BCUT2D eigenvalue weighted by atomic mass is 16.5. The Morgan fingerprint density at radius 3 is 1.80 bits per heavy atom. The lowest BCUT2D eigenvalue weighted by Crippen LogP contribution is -2.37. The molecule has 46 heavy (non-hydrogen) atoms. The highest BCUT2D eigenvalue weighted by Crippen LogP contribution is 2.48. The first-order valence-electron chi connectivity index (χ1n) is 18.8. The van der Waals surface area contributed by atoms with Crippen molar-refractivity contribution in [1.82, 2.24) is 0 Å². The smallest absolute Gasteiger partial charge is 0.133 e. The van der Waals surface area contributed by atoms with E-state index < -0.39 is 0 Å². The lowest BCUT2D eigenvalue weighted by molar-refractivity contribution is 0.0511. The van der Waals surface area contributed by atoms with Gasteiger partial charge >= 0.3 is 0 Å². The maximum absolute atomic E-state index is 6.89. The molecular formula is C43H76O3. The Morgan fingerprint density at radius 1 is 0.783 bits per heavy atom. The number of methoxy groups -OCH3 is 1. The van der Waals surface area contributed by atoms with Crippen LogP contribution in [0.2, 0.25) is 0 Å². The Balaban J connectivity index is 0.00000518. The molecule has 3 atom stereocenters. The van der Waals surface area contributed by atoms with Crippen molar-refractivity contribution in [3.63, 3.8) is 0 Å². The van der Waals surface area contributed by atoms with Crippen molar-refractivity contribution in [3.8, 4) is 11.5 Å². The van der Waals surface area contributed by atoms with E-state index in [2.05, 4.69) is 96.2 Å². The molecule has 2 unspecified atom stereocenters. The van der Waals surface area contributed by atoms with Gasteiger partial charge in [-0.3, -0.25) is 0 Å². The minimum Gasteiger partial charge on any atom is -0.501 e. The summed E-state index contributed by atoms with van der Waals surface area (Å²) in [6, 6.07) is 0. The number of hydrogen-bond donors (Lipinski definition) is 0. The normalized spacial score (nSPS) is 17.7. The maximum Gasteiger partial charge on any atom is 0.133 e. The van der Waals surface area contributed by atoms with E-state index >= 15 is 0 Å². The minimum atomic E-state index is -0.258. The summed E-state index contributed by atoms with van der Waals surface area (Å²) in [7, 11) is 1.69. The lowest BCUT2D eigenvalue weighted by atomic mass is 9.73. The van der Waals surface area contributed by atoms with Crippen LogP contribution in [0, 0.1) is 49.4 Å². The van der Waals surface area contributed by atoms with Crippen molar-refractivity contribution in [1.29, 1.82) is 0 Å². The van der Waals surface area contributed by atoms with E-state index in [0.29, 0.717) is 0 Å². The molecule has 1 heterocycles. The highest BCUT2D eigenvalue weighted by Gasteiger charge is 2.37. The van der Waals surface area contributed by atoms with Crippen LogP contribution in [-0.4, -0.2) is 12.7 Å². The maximum atomic E-state index is 6.89. The number of allylic oxidation sites excluding steroid dienone is 2. The second kappa shape index (κ2) is 18.6. The molecule has 0 bridgehead atoms. The van der Waals surface area contributed by atoms with Gasteiger partial charge in [0.25, 0.3) is 0 Å². The SMILES string of the molecule is C=C(OC)C(C)(C)CC(C)(C)C(=C)Oc1c(C)c(C)c2c(c1C)CC[C@@](C)(CCCC(C)CCCC(C)CCCC(C)C)O2.CC. The fourth-order valence-electron chi connectivity index (χ4n) is 7.25. The summed E-state index contributed by atoms with van der Waals surface area (Å²) in [5.74, 6) is 6.08. The monoisotopic (exact) mass is 641 g/mol. The number of benzene rings is 1. The third kappa shape index (κ3) is 12.3. The zero-order chi connectivity index (χ0) is 35.5. The first kappa shape index (κ1) is 42.1. The van der Waals surface area contributed by atoms with Gasteiger partial charge in [-0.1, -0.05) is 127 Å². The largest absolute Gasteiger partial charge is 0.501 e. The van der Waals surface area contributed by atoms with Crippen LogP contribution in [-0.2, 0) is 11.2 Å². The predicted octanol–water partition coefficient (Wildman–Crippen LogP) is 13.7. The van der Waals surface area contributed by atoms with E-state index in [1.54, 1.807) is 7.11 Å². The molecule has 0 amide bonds. The summed E-state index contributed by atoms with van der Waals surface area (Å²) in [5.41, 5.74) is 4.28. The summed E-state index contributed by atoms with van der Waals surface area (Å²) in [5, 5.41) is 0. The van der Waals surface area contributed by atoms with Gasteiger partial charge in [0.2, 0.25) is 0 Å². The van der Waals surface area contributed by atoms with Crippen LogP contribution in [0.4, 0.5) is 0 Å². The van der Waals surface area contributed by atoms with Crippen LogP contribution in [0.3, 0.4) is 0 Å². The van der Waals surface area contributed by atoms with Crippen LogP contribution in [0.5, 0.6) is 11.5 Å². The molecule has 0 saturated carbocycles. The van der Waals surface area contributed by atoms with Gasteiger partial charge in [-0.25, -0.2) is 0 Å². The van der Waals surface area contributed by atoms with Gasteiger partial charge in [0.1, 0.15) is 22.9 Å². The summed E-state index contributed by atoms with van der Waals surface area (Å²) < 4.78 is 19.0. The molecule has 1 aromatic carbocycles. The Bertz CT molecular complexity index is 1110. The van der Waals surface area contributed by atoms with E-state index in [9.17, 15) is 0 Å². The van der Waals surface area contributed by atoms with Gasteiger partial charge in [-0.2, -0.15) is 0 Å². The van der Waals surface area contributed by atoms with Gasteiger partial charge in [0.15, 0.2) is 0 Å². The second-order valence-corrected chi connectivity index (χ2v) is 16.5. The van der Waals surface area contributed by atoms with Crippen LogP contribution < -0.4 is 9.47 Å². The summed E-state index contributed by atoms with van der Waals surface area (Å²) in [6.45, 7) is 39.7. The number of ether oxygens (including phenoxy) is 3. The molecule has 0 aromatic heterocycles. The van der Waals surface area contributed by atoms with E-state index in [-0.39, 0.29) is 16.4 Å². The summed E-state index contributed by atoms with van der Waals surface area (Å²) in [6.07, 6.45) is 14.8. The summed E-state index contributed by atoms with van der Waals surface area (Å²) >= 11 is 0. The van der Waals surface area contributed by atoms with Gasteiger partial charge in [-0.15, -0.1) is 0 Å². The van der Waals surface area contributed by atoms with Gasteiger partial charge in [0, 0.05) is 16.4 Å². The molecule has 266 valence electrons. The fraction of sp³-hybridized carbons (Fsp3) is 0.767. The van der Waals surface area contributed by atoms with Gasteiger partial charge in [0.05, 0.1) is 12.9 Å². The average molecular weight is 641 g/mol. The van der Waals surface area contributed by atoms with Crippen molar-refractivity contribution in [3.05, 3.63) is 46.9 Å². The molecular weight excluding hydrogens is 564 g/mol. The second-order valence-electron chi connectivity index (χ2n) is 16.5. The molecule has 3 heteroatoms. The van der Waals surface area contributed by atoms with Crippen LogP contribution in [0.1, 0.15) is 169 Å². The molecule has 0 aliphatic carbocycles. The molecule has 0 radical (unpaired) electrons. The first-order valence-corrected chi connectivity index (χ1v) is 18.8. The molecule has 0 saturated heterocycles. The van der Waals surface area contributed by atoms with Gasteiger partial charge < -0.3 is 14.2 Å². The van der Waals surface area contributed by atoms with Crippen LogP contribution in [0.25, 0.3) is 0 Å². The molecule has 2 rings (SSSR count). The van der Waals surface area contributed by atoms with E-state index in [1.807, 2.05) is 13.8 Å². The Hall–Kier alpha value is -1.90. The third-order valence-electron chi connectivity index (χ3n) is 10.7. The third-order valence-corrected chi connectivity index (χ3v) is 10.7. The van der Waals surface area contributed by atoms with Crippen molar-refractivity contribution in [2.75, 3.05) is 7.11 Å². The molecule has 1 aliphatic heterocycles. The predicted molar refractivity (Wildman–Crippen MR) is 202 cm³/mol. The molecule has 0 spiro atoms. The Morgan fingerprint density at radius 2 is 1.28 bits per heavy atom. The Kier molecular flexibility index (Phi) is 17.0. The van der Waals surface area contributed by atoms with Crippen molar-refractivity contribution in [2.45, 2.75) is 180 Å². The molecule has 1 aromatic rings. The van der Waals surface area contributed by atoms with Crippen molar-refractivity contribution >= 4 is 0 Å². The number of rotatable bonds is 19. The number of hydrogen-bond acceptors (Lipinski definition) is 3. The zero-order valence-electron chi connectivity index (χ0n) is 33.4. The topological polar surface area (TPSA) is 27.7 Å². The van der Waals surface area contributed by atoms with Crippen LogP contribution in [0.15, 0.2) is 24.7 Å². The molecule has 0 fully saturated rings. The standard InChI is InChI=1S/C41H70O3.C2H6/c1-28(2)19-16-20-29(3)21-17-22-30(4)23-18-25-41(14)26-24-36-33(7)37(31(5)32(6)38(36)44-41)43-35(9)40(12,13)27-39(10,11)34(8)42-15;1-2/h28-30H,8-9,16-27H2,1-7,10-15H3;1-2H3/t29?,30?,41-;/m1./s1. The number of fused-ring (bicyclic) bond motifs is 1. The lowest BCUT2D eigenvalue weighted by Gasteiger charge is -2.39. The highest BCUT2D eigenvalue weighted by molar-refractivity contribution is 5.59. The molecule has 1 aliphatic rings. The first-order chi connectivity index (χ1) is 21.3. The Labute approximate surface area is 287 Å². The fourth-order valence-corrected chi connectivity index (χ4v) is 7.25. The molecule has 3 nitrogen and oxygen atoms in total. The van der Waals surface area contributed by atoms with Crippen molar-refractivity contribution in [2.24, 2.45) is 28.6 Å². The van der Waals surface area contributed by atoms with Crippen molar-refractivity contribution < 1.29 is 14.2 Å². The minimum absolute atomic E-state index is 0.107. The van der Waals surface area contributed by atoms with Gasteiger partial charge in [-0.05, 0) is 94.2 Å². The quantitative estimate of drug-likeness (QED) is 0.141. The van der Waals surface area contributed by atoms with E-state index in [4.69, 9.17) is 14.2 Å².